The summed E-state index contributed by atoms with van der Waals surface area (Å²) in [5.41, 5.74) is 8.01. The summed E-state index contributed by atoms with van der Waals surface area (Å²) in [7, 11) is 0. The minimum absolute atomic E-state index is 0.569. The van der Waals surface area contributed by atoms with E-state index in [0.717, 1.165) is 29.0 Å². The molecule has 0 unspecified atom stereocenters. The molecule has 1 heterocycles. The smallest absolute Gasteiger partial charge is 0.161 e. The number of hydrogen-bond acceptors (Lipinski definition) is 4. The zero-order valence-corrected chi connectivity index (χ0v) is 11.9. The predicted molar refractivity (Wildman–Crippen MR) is 80.2 cm³/mol. The maximum absolute atomic E-state index is 5.88. The molecule has 0 spiro atoms. The number of hydrogen-bond donors (Lipinski definition) is 1. The third-order valence-electron chi connectivity index (χ3n) is 2.93. The first kappa shape index (κ1) is 14.2. The van der Waals surface area contributed by atoms with Gasteiger partial charge in [0.25, 0.3) is 0 Å². The molecule has 4 heteroatoms. The Morgan fingerprint density at radius 3 is 2.50 bits per heavy atom. The Kier molecular flexibility index (Phi) is 4.82. The fourth-order valence-electron chi connectivity index (χ4n) is 2.03. The molecular weight excluding hydrogens is 252 g/mol. The van der Waals surface area contributed by atoms with Gasteiger partial charge in [0.15, 0.2) is 11.5 Å². The summed E-state index contributed by atoms with van der Waals surface area (Å²) in [5, 5.41) is 0. The first-order valence-corrected chi connectivity index (χ1v) is 6.82. The topological polar surface area (TPSA) is 57.4 Å². The van der Waals surface area contributed by atoms with Gasteiger partial charge in [0.1, 0.15) is 5.82 Å². The van der Waals surface area contributed by atoms with E-state index in [2.05, 4.69) is 4.98 Å². The molecule has 1 aromatic heterocycles. The minimum Gasteiger partial charge on any atom is -0.490 e. The molecule has 0 aliphatic carbocycles. The molecule has 0 aliphatic rings. The Hall–Kier alpha value is -2.23. The molecule has 0 saturated carbocycles. The second-order valence-electron chi connectivity index (χ2n) is 4.37. The van der Waals surface area contributed by atoms with E-state index >= 15 is 0 Å². The second-order valence-corrected chi connectivity index (χ2v) is 4.37. The van der Waals surface area contributed by atoms with Crippen LogP contribution in [-0.4, -0.2) is 18.2 Å². The van der Waals surface area contributed by atoms with Crippen LogP contribution in [0.4, 0.5) is 5.82 Å². The third-order valence-corrected chi connectivity index (χ3v) is 2.93. The van der Waals surface area contributed by atoms with Crippen molar-refractivity contribution < 1.29 is 9.47 Å². The van der Waals surface area contributed by atoms with Gasteiger partial charge in [-0.25, -0.2) is 4.98 Å². The van der Waals surface area contributed by atoms with Crippen molar-refractivity contribution in [1.82, 2.24) is 4.98 Å². The lowest BCUT2D eigenvalue weighted by Crippen LogP contribution is -2.01. The van der Waals surface area contributed by atoms with Crippen molar-refractivity contribution in [2.45, 2.75) is 20.3 Å². The van der Waals surface area contributed by atoms with Gasteiger partial charge >= 0.3 is 0 Å². The summed E-state index contributed by atoms with van der Waals surface area (Å²) in [6.45, 7) is 5.15. The number of aromatic nitrogens is 1. The van der Waals surface area contributed by atoms with E-state index in [4.69, 9.17) is 15.2 Å². The van der Waals surface area contributed by atoms with Crippen molar-refractivity contribution >= 4 is 5.82 Å². The summed E-state index contributed by atoms with van der Waals surface area (Å²) >= 11 is 0. The highest BCUT2D eigenvalue weighted by molar-refractivity contribution is 5.47. The van der Waals surface area contributed by atoms with Crippen LogP contribution in [0.3, 0.4) is 0 Å². The summed E-state index contributed by atoms with van der Waals surface area (Å²) in [6, 6.07) is 9.85. The average molecular weight is 272 g/mol. The van der Waals surface area contributed by atoms with Gasteiger partial charge in [-0.1, -0.05) is 12.1 Å². The maximum atomic E-state index is 5.88. The molecule has 1 aromatic carbocycles. The van der Waals surface area contributed by atoms with Gasteiger partial charge in [0.05, 0.1) is 13.2 Å². The number of rotatable bonds is 6. The lowest BCUT2D eigenvalue weighted by atomic mass is 10.1. The quantitative estimate of drug-likeness (QED) is 0.878. The molecule has 0 fully saturated rings. The SMILES string of the molecule is CCOc1ccc(Cc2cccnc2N)cc1OCC. The van der Waals surface area contributed by atoms with Crippen LogP contribution in [0.5, 0.6) is 11.5 Å². The highest BCUT2D eigenvalue weighted by atomic mass is 16.5. The highest BCUT2D eigenvalue weighted by Gasteiger charge is 2.08. The standard InChI is InChI=1S/C16H20N2O2/c1-3-19-14-8-7-12(11-15(14)20-4-2)10-13-6-5-9-18-16(13)17/h5-9,11H,3-4,10H2,1-2H3,(H2,17,18). The highest BCUT2D eigenvalue weighted by Crippen LogP contribution is 2.29. The first-order chi connectivity index (χ1) is 9.74. The zero-order chi connectivity index (χ0) is 14.4. The van der Waals surface area contributed by atoms with Crippen LogP contribution in [0.2, 0.25) is 0 Å². The molecule has 106 valence electrons. The van der Waals surface area contributed by atoms with Crippen molar-refractivity contribution in [1.29, 1.82) is 0 Å². The summed E-state index contributed by atoms with van der Waals surface area (Å²) in [5.74, 6) is 2.12. The van der Waals surface area contributed by atoms with Crippen LogP contribution in [0.15, 0.2) is 36.5 Å². The molecule has 0 amide bonds. The van der Waals surface area contributed by atoms with Crippen molar-refractivity contribution in [2.24, 2.45) is 0 Å². The Morgan fingerprint density at radius 1 is 1.05 bits per heavy atom. The number of nitrogens with two attached hydrogens (primary N) is 1. The number of nitrogens with zero attached hydrogens (tertiary/aromatic N) is 1. The van der Waals surface area contributed by atoms with Gasteiger partial charge in [-0.2, -0.15) is 0 Å². The molecule has 2 N–H and O–H groups in total. The van der Waals surface area contributed by atoms with E-state index in [1.807, 2.05) is 44.2 Å². The lowest BCUT2D eigenvalue weighted by molar-refractivity contribution is 0.287. The summed E-state index contributed by atoms with van der Waals surface area (Å²) in [6.07, 6.45) is 2.43. The molecule has 0 saturated heterocycles. The molecule has 2 aromatic rings. The van der Waals surface area contributed by atoms with E-state index in [0.29, 0.717) is 19.0 Å². The zero-order valence-electron chi connectivity index (χ0n) is 11.9. The average Bonchev–Trinajstić information content (AvgIpc) is 2.45. The largest absolute Gasteiger partial charge is 0.490 e. The van der Waals surface area contributed by atoms with Crippen molar-refractivity contribution in [3.63, 3.8) is 0 Å². The van der Waals surface area contributed by atoms with E-state index in [1.54, 1.807) is 6.20 Å². The summed E-state index contributed by atoms with van der Waals surface area (Å²) < 4.78 is 11.2. The number of benzene rings is 1. The predicted octanol–water partition coefficient (Wildman–Crippen LogP) is 3.05. The van der Waals surface area contributed by atoms with Gasteiger partial charge in [-0.05, 0) is 43.2 Å². The van der Waals surface area contributed by atoms with Gasteiger partial charge < -0.3 is 15.2 Å². The van der Waals surface area contributed by atoms with E-state index in [-0.39, 0.29) is 0 Å². The van der Waals surface area contributed by atoms with Crippen LogP contribution >= 0.6 is 0 Å². The Morgan fingerprint density at radius 2 is 1.80 bits per heavy atom. The van der Waals surface area contributed by atoms with Crippen molar-refractivity contribution in [3.8, 4) is 11.5 Å². The number of ether oxygens (including phenoxy) is 2. The normalized spacial score (nSPS) is 10.3. The Balaban J connectivity index is 2.24. The van der Waals surface area contributed by atoms with Crippen molar-refractivity contribution in [3.05, 3.63) is 47.7 Å². The fraction of sp³-hybridized carbons (Fsp3) is 0.312. The molecule has 20 heavy (non-hydrogen) atoms. The van der Waals surface area contributed by atoms with Crippen LogP contribution in [0.25, 0.3) is 0 Å². The Bertz CT molecular complexity index is 570. The lowest BCUT2D eigenvalue weighted by Gasteiger charge is -2.12. The minimum atomic E-state index is 0.569. The van der Waals surface area contributed by atoms with Gasteiger partial charge in [-0.3, -0.25) is 0 Å². The molecular formula is C16H20N2O2. The van der Waals surface area contributed by atoms with Gasteiger partial charge in [0, 0.05) is 12.6 Å². The molecule has 4 nitrogen and oxygen atoms in total. The second kappa shape index (κ2) is 6.80. The van der Waals surface area contributed by atoms with E-state index in [1.165, 1.54) is 0 Å². The summed E-state index contributed by atoms with van der Waals surface area (Å²) in [4.78, 5) is 4.10. The van der Waals surface area contributed by atoms with Crippen LogP contribution in [0, 0.1) is 0 Å². The van der Waals surface area contributed by atoms with Crippen molar-refractivity contribution in [2.75, 3.05) is 18.9 Å². The third kappa shape index (κ3) is 3.41. The van der Waals surface area contributed by atoms with Gasteiger partial charge in [0.2, 0.25) is 0 Å². The molecule has 0 bridgehead atoms. The van der Waals surface area contributed by atoms with Crippen LogP contribution < -0.4 is 15.2 Å². The van der Waals surface area contributed by atoms with E-state index in [9.17, 15) is 0 Å². The number of anilines is 1. The van der Waals surface area contributed by atoms with Crippen LogP contribution in [-0.2, 0) is 6.42 Å². The van der Waals surface area contributed by atoms with Crippen LogP contribution in [0.1, 0.15) is 25.0 Å². The Labute approximate surface area is 119 Å². The maximum Gasteiger partial charge on any atom is 0.161 e. The molecule has 0 atom stereocenters. The fourth-order valence-corrected chi connectivity index (χ4v) is 2.03. The first-order valence-electron chi connectivity index (χ1n) is 6.82. The number of pyridine rings is 1. The molecule has 0 radical (unpaired) electrons. The monoisotopic (exact) mass is 272 g/mol. The van der Waals surface area contributed by atoms with E-state index < -0.39 is 0 Å². The molecule has 0 aliphatic heterocycles. The van der Waals surface area contributed by atoms with Gasteiger partial charge in [-0.15, -0.1) is 0 Å². The number of nitrogen functional groups attached to an aromatic ring is 1. The molecule has 2 rings (SSSR count).